The molecular weight excluding hydrogens is 1290 g/mol. The first-order valence-electron chi connectivity index (χ1n) is 36.2. The smallest absolute Gasteiger partial charge is 0.347 e. The van der Waals surface area contributed by atoms with Gasteiger partial charge in [0.15, 0.2) is 6.61 Å². The number of esters is 8. The lowest BCUT2D eigenvalue weighted by molar-refractivity contribution is -0.231. The fourth-order valence-corrected chi connectivity index (χ4v) is 17.1. The van der Waals surface area contributed by atoms with Gasteiger partial charge in [-0.25, -0.2) is 9.59 Å². The molecule has 2 aliphatic heterocycles. The van der Waals surface area contributed by atoms with E-state index in [9.17, 15) is 43.5 Å². The van der Waals surface area contributed by atoms with Gasteiger partial charge in [-0.3, -0.25) is 28.8 Å². The summed E-state index contributed by atoms with van der Waals surface area (Å²) in [5.41, 5.74) is -2.97. The lowest BCUT2D eigenvalue weighted by Gasteiger charge is -2.62. The second-order valence-corrected chi connectivity index (χ2v) is 33.7. The summed E-state index contributed by atoms with van der Waals surface area (Å²) < 4.78 is 43.7. The summed E-state index contributed by atoms with van der Waals surface area (Å²) in [6.45, 7) is 35.7. The topological polar surface area (TPSA) is 231 Å². The van der Waals surface area contributed by atoms with Crippen molar-refractivity contribution in [2.75, 3.05) is 13.2 Å². The average molecular weight is 1460 g/mol. The number of rotatable bonds is 19. The first-order chi connectivity index (χ1) is 42.9. The fourth-order valence-electron chi connectivity index (χ4n) is 17.1. The molecule has 2 saturated heterocycles. The van der Waals surface area contributed by atoms with Crippen molar-refractivity contribution in [1.29, 1.82) is 0 Å². The third-order valence-corrected chi connectivity index (χ3v) is 25.0. The van der Waals surface area contributed by atoms with Crippen LogP contribution in [0.15, 0.2) is 0 Å². The van der Waals surface area contributed by atoms with Crippen LogP contribution in [0.25, 0.3) is 0 Å². The van der Waals surface area contributed by atoms with E-state index in [0.29, 0.717) is 61.4 Å². The molecule has 8 unspecified atom stereocenters. The molecule has 604 valence electrons. The van der Waals surface area contributed by atoms with Crippen LogP contribution in [0.5, 0.6) is 0 Å². The van der Waals surface area contributed by atoms with Crippen LogP contribution in [-0.4, -0.2) is 107 Å². The molecule has 0 amide bonds. The maximum atomic E-state index is 12.8. The molecule has 1 N–H and O–H groups in total. The Labute approximate surface area is 625 Å². The molecule has 8 atom stereocenters. The van der Waals surface area contributed by atoms with Crippen molar-refractivity contribution in [2.45, 2.75) is 394 Å². The SMILES string of the molecule is C.C.C.C.C.C.C.C.C.C.CCC(C)(C)C(=O)OC1(C(C)C)C2CC3CC(C2)CC1C3.CCC(C)(C)C(=O)OC1C2CC3CC1CC(O)(C3)C2.CCC(C)(C)C(=O)OC1CCOC1=O.CCC(C)(C)C(=O)OCC(=O)OC1C2CC3C(=O)OC1C3C2.CCC1(OC(=O)C(C)(C)CC)CCCCC1. The first-order valence-corrected chi connectivity index (χ1v) is 36.2. The summed E-state index contributed by atoms with van der Waals surface area (Å²) in [6, 6.07) is 0. The number of carbonyl (C=O) groups excluding carboxylic acids is 8. The van der Waals surface area contributed by atoms with E-state index >= 15 is 0 Å². The second kappa shape index (κ2) is 41.2. The van der Waals surface area contributed by atoms with Crippen LogP contribution in [0.1, 0.15) is 353 Å². The molecule has 17 heteroatoms. The minimum absolute atomic E-state index is 0. The highest BCUT2D eigenvalue weighted by atomic mass is 16.6. The molecular formula is C85H162O17. The zero-order valence-corrected chi connectivity index (χ0v) is 60.0. The summed E-state index contributed by atoms with van der Waals surface area (Å²) in [5.74, 6) is 3.39. The minimum atomic E-state index is -0.687. The third-order valence-electron chi connectivity index (χ3n) is 25.0. The molecule has 17 nitrogen and oxygen atoms in total. The molecule has 13 rings (SSSR count). The molecule has 0 aromatic heterocycles. The van der Waals surface area contributed by atoms with Crippen LogP contribution in [0.2, 0.25) is 0 Å². The van der Waals surface area contributed by atoms with Crippen molar-refractivity contribution in [3.63, 3.8) is 0 Å². The fraction of sp³-hybridized carbons (Fsp3) is 0.906. The molecule has 102 heavy (non-hydrogen) atoms. The van der Waals surface area contributed by atoms with Gasteiger partial charge in [-0.2, -0.15) is 0 Å². The lowest BCUT2D eigenvalue weighted by atomic mass is 9.47. The quantitative estimate of drug-likeness (QED) is 0.0936. The number of hydrogen-bond donors (Lipinski definition) is 1. The van der Waals surface area contributed by atoms with E-state index in [1.165, 1.54) is 51.4 Å². The molecule has 13 aliphatic rings. The molecule has 10 bridgehead atoms. The normalized spacial score (nSPS) is 30.7. The van der Waals surface area contributed by atoms with Crippen LogP contribution in [0.4, 0.5) is 0 Å². The van der Waals surface area contributed by atoms with E-state index in [2.05, 4.69) is 27.7 Å². The predicted octanol–water partition coefficient (Wildman–Crippen LogP) is 20.9. The van der Waals surface area contributed by atoms with Gasteiger partial charge < -0.3 is 43.0 Å². The monoisotopic (exact) mass is 1460 g/mol. The standard InChI is InChI=1S/C19H32O2.C16H22O6.C16H26O3.C14H26O2.C10H16O4.10CH4/c1-6-18(4,5)17(20)21-19(12(2)3)15-8-13-7-14(10-15)11-16(19)9-13;1-4-16(2,3)15(19)20-7-11(17)21-12-8-5-9-10(6-8)14(18)22-13(9)12;1-4-15(2,3)14(17)19-13-11-5-10-6-12(13)9-16(18,7-10)8-11;1-5-13(3,4)12(15)16-14(6-2)10-8-7-9-11-14;1-4-10(2,3)9(12)14-7-5-6-13-8(7)11;;;;;;;;;;/h12-16H,6-11H2,1-5H3;8-10,12-13H,4-7H2,1-3H3;10-13,18H,4-9H2,1-3H3;5-11H2,1-4H3;7H,4-6H2,1-3H3;10*1H4. The van der Waals surface area contributed by atoms with E-state index in [-0.39, 0.29) is 174 Å². The second-order valence-electron chi connectivity index (χ2n) is 33.7. The summed E-state index contributed by atoms with van der Waals surface area (Å²) in [7, 11) is 0. The number of cyclic esters (lactones) is 1. The van der Waals surface area contributed by atoms with Crippen molar-refractivity contribution in [3.05, 3.63) is 0 Å². The summed E-state index contributed by atoms with van der Waals surface area (Å²) in [4.78, 5) is 95.2. The average Bonchev–Trinajstić information content (AvgIpc) is 1.02. The highest BCUT2D eigenvalue weighted by Gasteiger charge is 2.64. The first kappa shape index (κ1) is 104. The highest BCUT2D eigenvalue weighted by Crippen LogP contribution is 2.63. The van der Waals surface area contributed by atoms with E-state index in [1.807, 2.05) is 69.2 Å². The van der Waals surface area contributed by atoms with Gasteiger partial charge in [-0.05, 0) is 258 Å². The van der Waals surface area contributed by atoms with E-state index in [0.717, 1.165) is 95.3 Å². The minimum Gasteiger partial charge on any atom is -0.463 e. The molecule has 11 saturated carbocycles. The Morgan fingerprint density at radius 2 is 0.931 bits per heavy atom. The van der Waals surface area contributed by atoms with Crippen molar-refractivity contribution in [2.24, 2.45) is 92.2 Å². The Morgan fingerprint density at radius 1 is 0.490 bits per heavy atom. The maximum absolute atomic E-state index is 12.8. The van der Waals surface area contributed by atoms with Crippen molar-refractivity contribution in [3.8, 4) is 0 Å². The van der Waals surface area contributed by atoms with Gasteiger partial charge >= 0.3 is 47.8 Å². The van der Waals surface area contributed by atoms with Crippen LogP contribution in [-0.2, 0) is 76.3 Å². The number of aliphatic hydroxyl groups is 1. The third kappa shape index (κ3) is 23.4. The largest absolute Gasteiger partial charge is 0.463 e. The van der Waals surface area contributed by atoms with E-state index in [1.54, 1.807) is 27.7 Å². The van der Waals surface area contributed by atoms with Gasteiger partial charge in [0.05, 0.1) is 45.2 Å². The van der Waals surface area contributed by atoms with Crippen LogP contribution in [0.3, 0.4) is 0 Å². The Kier molecular flexibility index (Phi) is 42.0. The van der Waals surface area contributed by atoms with Gasteiger partial charge in [0.2, 0.25) is 6.10 Å². The Balaban J connectivity index is -0.000000579. The zero-order valence-electron chi connectivity index (χ0n) is 60.0. The molecule has 0 radical (unpaired) electrons. The summed E-state index contributed by atoms with van der Waals surface area (Å²) in [5, 5.41) is 10.5. The van der Waals surface area contributed by atoms with Crippen LogP contribution < -0.4 is 0 Å². The van der Waals surface area contributed by atoms with E-state index < -0.39 is 40.4 Å². The summed E-state index contributed by atoms with van der Waals surface area (Å²) in [6.07, 6.45) is 22.9. The summed E-state index contributed by atoms with van der Waals surface area (Å²) >= 11 is 0. The maximum Gasteiger partial charge on any atom is 0.347 e. The molecule has 13 fully saturated rings. The van der Waals surface area contributed by atoms with Crippen molar-refractivity contribution < 1.29 is 81.4 Å². The zero-order chi connectivity index (χ0) is 68.3. The van der Waals surface area contributed by atoms with Crippen LogP contribution in [0, 0.1) is 92.2 Å². The van der Waals surface area contributed by atoms with Gasteiger partial charge in [-0.15, -0.1) is 0 Å². The van der Waals surface area contributed by atoms with E-state index in [4.69, 9.17) is 37.9 Å². The van der Waals surface area contributed by atoms with Gasteiger partial charge in [-0.1, -0.05) is 136 Å². The Hall–Kier alpha value is -4.28. The van der Waals surface area contributed by atoms with Crippen LogP contribution >= 0.6 is 0 Å². The number of hydrogen-bond acceptors (Lipinski definition) is 17. The van der Waals surface area contributed by atoms with Gasteiger partial charge in [0, 0.05) is 18.3 Å². The van der Waals surface area contributed by atoms with Crippen molar-refractivity contribution >= 4 is 47.8 Å². The highest BCUT2D eigenvalue weighted by molar-refractivity contribution is 5.83. The number of ether oxygens (including phenoxy) is 8. The molecule has 0 aromatic carbocycles. The van der Waals surface area contributed by atoms with Crippen molar-refractivity contribution in [1.82, 2.24) is 0 Å². The Morgan fingerprint density at radius 3 is 1.35 bits per heavy atom. The molecule has 0 aromatic rings. The van der Waals surface area contributed by atoms with Gasteiger partial charge in [0.1, 0.15) is 29.5 Å². The number of carbonyl (C=O) groups is 8. The number of fused-ring (bicyclic) bond motifs is 1. The molecule has 0 spiro atoms. The van der Waals surface area contributed by atoms with Gasteiger partial charge in [0.25, 0.3) is 0 Å². The lowest BCUT2D eigenvalue weighted by Crippen LogP contribution is -2.63. The molecule has 2 heterocycles. The Bertz CT molecular complexity index is 2560. The predicted molar refractivity (Wildman–Crippen MR) is 415 cm³/mol. The molecule has 11 aliphatic carbocycles.